The zero-order chi connectivity index (χ0) is 19.3. The molecule has 6 nitrogen and oxygen atoms in total. The van der Waals surface area contributed by atoms with Gasteiger partial charge in [0, 0.05) is 35.2 Å². The molecule has 3 aromatic rings. The number of benzene rings is 1. The van der Waals surface area contributed by atoms with Gasteiger partial charge in [0.2, 0.25) is 0 Å². The zero-order valence-electron chi connectivity index (χ0n) is 14.4. The lowest BCUT2D eigenvalue weighted by molar-refractivity contribution is 0.0134. The maximum atomic E-state index is 14.4. The van der Waals surface area contributed by atoms with Crippen molar-refractivity contribution in [2.45, 2.75) is 30.1 Å². The van der Waals surface area contributed by atoms with Crippen molar-refractivity contribution >= 4 is 21.6 Å². The van der Waals surface area contributed by atoms with E-state index in [2.05, 4.69) is 20.1 Å². The van der Waals surface area contributed by atoms with Crippen LogP contribution < -0.4 is 0 Å². The third-order valence-corrected chi connectivity index (χ3v) is 6.83. The van der Waals surface area contributed by atoms with E-state index in [1.54, 1.807) is 25.5 Å². The van der Waals surface area contributed by atoms with E-state index in [1.165, 1.54) is 38.9 Å². The van der Waals surface area contributed by atoms with E-state index in [1.807, 2.05) is 0 Å². The summed E-state index contributed by atoms with van der Waals surface area (Å²) < 4.78 is 29.6. The van der Waals surface area contributed by atoms with Gasteiger partial charge in [-0.15, -0.1) is 0 Å². The van der Waals surface area contributed by atoms with Crippen molar-refractivity contribution in [1.82, 2.24) is 24.7 Å². The third kappa shape index (κ3) is 4.82. The summed E-state index contributed by atoms with van der Waals surface area (Å²) in [6, 6.07) is 3.06. The Morgan fingerprint density at radius 3 is 2.81 bits per heavy atom. The molecule has 0 aliphatic carbocycles. The van der Waals surface area contributed by atoms with Gasteiger partial charge in [0.25, 0.3) is 0 Å². The van der Waals surface area contributed by atoms with Crippen LogP contribution in [0.3, 0.4) is 0 Å². The number of aromatic nitrogens is 5. The van der Waals surface area contributed by atoms with Crippen LogP contribution in [0.25, 0.3) is 0 Å². The van der Waals surface area contributed by atoms with Crippen LogP contribution in [0.15, 0.2) is 49.4 Å². The van der Waals surface area contributed by atoms with Crippen LogP contribution in [-0.4, -0.2) is 35.1 Å². The van der Waals surface area contributed by atoms with E-state index < -0.39 is 22.5 Å². The number of rotatable bonds is 8. The zero-order valence-corrected chi connectivity index (χ0v) is 16.0. The van der Waals surface area contributed by atoms with Gasteiger partial charge >= 0.3 is 0 Å². The Balaban J connectivity index is 1.81. The van der Waals surface area contributed by atoms with Gasteiger partial charge < -0.3 is 5.11 Å². The quantitative estimate of drug-likeness (QED) is 0.573. The third-order valence-electron chi connectivity index (χ3n) is 3.97. The van der Waals surface area contributed by atoms with Gasteiger partial charge in [-0.2, -0.15) is 5.10 Å². The fraction of sp³-hybridized carbons (Fsp3) is 0.294. The molecule has 142 valence electrons. The number of nitrogens with zero attached hydrogens (tertiary/aromatic N) is 5. The molecule has 0 bridgehead atoms. The summed E-state index contributed by atoms with van der Waals surface area (Å²) in [7, 11) is 2.81. The molecule has 0 fully saturated rings. The van der Waals surface area contributed by atoms with Crippen LogP contribution in [0.4, 0.5) is 8.78 Å². The Bertz CT molecular complexity index is 869. The van der Waals surface area contributed by atoms with Crippen molar-refractivity contribution < 1.29 is 13.9 Å². The molecular formula is C17H17F2N5OS2. The highest BCUT2D eigenvalue weighted by Gasteiger charge is 2.40. The fourth-order valence-corrected chi connectivity index (χ4v) is 5.06. The van der Waals surface area contributed by atoms with Crippen molar-refractivity contribution in [2.75, 3.05) is 0 Å². The molecule has 0 amide bonds. The highest BCUT2D eigenvalue weighted by Crippen LogP contribution is 2.41. The van der Waals surface area contributed by atoms with Gasteiger partial charge in [-0.25, -0.2) is 18.4 Å². The number of hydrogen-bond acceptors (Lipinski definition) is 7. The smallest absolute Gasteiger partial charge is 0.137 e. The number of aliphatic hydroxyl groups is 1. The molecule has 0 aliphatic heterocycles. The second-order valence-electron chi connectivity index (χ2n) is 5.84. The van der Waals surface area contributed by atoms with Crippen LogP contribution in [0.5, 0.6) is 0 Å². The van der Waals surface area contributed by atoms with E-state index in [-0.39, 0.29) is 12.1 Å². The minimum Gasteiger partial charge on any atom is -0.382 e. The minimum atomic E-state index is -1.69. The molecule has 2 heterocycles. The minimum absolute atomic E-state index is 0.0623. The molecule has 1 aromatic carbocycles. The number of halogens is 2. The van der Waals surface area contributed by atoms with E-state index in [0.717, 1.165) is 23.9 Å². The molecule has 0 radical (unpaired) electrons. The van der Waals surface area contributed by atoms with Crippen molar-refractivity contribution in [2.24, 2.45) is 0 Å². The van der Waals surface area contributed by atoms with Crippen molar-refractivity contribution in [1.29, 1.82) is 0 Å². The van der Waals surface area contributed by atoms with Crippen LogP contribution >= 0.6 is 21.6 Å². The second-order valence-corrected chi connectivity index (χ2v) is 8.55. The topological polar surface area (TPSA) is 76.7 Å². The average molecular weight is 409 g/mol. The number of hydrogen-bond donors (Lipinski definition) is 1. The first-order valence-corrected chi connectivity index (χ1v) is 10.4. The van der Waals surface area contributed by atoms with Crippen molar-refractivity contribution in [3.05, 3.63) is 72.3 Å². The molecule has 1 N–H and O–H groups in total. The van der Waals surface area contributed by atoms with Gasteiger partial charge in [0.05, 0.1) is 12.2 Å². The first-order valence-electron chi connectivity index (χ1n) is 8.02. The van der Waals surface area contributed by atoms with Crippen LogP contribution in [0.1, 0.15) is 18.2 Å². The van der Waals surface area contributed by atoms with Crippen LogP contribution in [0, 0.1) is 11.6 Å². The van der Waals surface area contributed by atoms with Gasteiger partial charge in [-0.3, -0.25) is 9.97 Å². The van der Waals surface area contributed by atoms with E-state index >= 15 is 0 Å². The second kappa shape index (κ2) is 8.77. The van der Waals surface area contributed by atoms with E-state index in [9.17, 15) is 13.9 Å². The lowest BCUT2D eigenvalue weighted by atomic mass is 9.90. The highest BCUT2D eigenvalue weighted by atomic mass is 33.1. The SMILES string of the molecule is C[C@@H](SSCc1cnccn1)[C@](O)(Cn1cncn1)c1cc(F)ccc1F. The van der Waals surface area contributed by atoms with Crippen LogP contribution in [-0.2, 0) is 17.9 Å². The molecule has 0 saturated carbocycles. The molecule has 27 heavy (non-hydrogen) atoms. The summed E-state index contributed by atoms with van der Waals surface area (Å²) in [6.07, 6.45) is 7.60. The average Bonchev–Trinajstić information content (AvgIpc) is 3.17. The summed E-state index contributed by atoms with van der Waals surface area (Å²) >= 11 is 0. The lowest BCUT2D eigenvalue weighted by Gasteiger charge is -2.34. The molecule has 0 saturated heterocycles. The standard InChI is InChI=1S/C17H17F2N5OS2/c1-12(27-26-8-14-7-20-4-5-22-14)17(25,9-24-11-21-10-23-24)15-6-13(18)2-3-16(15)19/h2-7,10-12,25H,8-9H2,1H3/t12-,17-/m1/s1. The van der Waals surface area contributed by atoms with Gasteiger partial charge in [-0.05, 0) is 25.1 Å². The van der Waals surface area contributed by atoms with Gasteiger partial charge in [0.1, 0.15) is 29.9 Å². The molecule has 0 unspecified atom stereocenters. The maximum Gasteiger partial charge on any atom is 0.137 e. The maximum absolute atomic E-state index is 14.4. The van der Waals surface area contributed by atoms with Crippen LogP contribution in [0.2, 0.25) is 0 Å². The summed E-state index contributed by atoms with van der Waals surface area (Å²) in [4.78, 5) is 12.0. The summed E-state index contributed by atoms with van der Waals surface area (Å²) in [6.45, 7) is 1.70. The predicted molar refractivity (Wildman–Crippen MR) is 101 cm³/mol. The Labute approximate surface area is 162 Å². The molecule has 0 spiro atoms. The molecule has 10 heteroatoms. The summed E-state index contributed by atoms with van der Waals surface area (Å²) in [5.41, 5.74) is -1.02. The van der Waals surface area contributed by atoms with Gasteiger partial charge in [-0.1, -0.05) is 21.6 Å². The van der Waals surface area contributed by atoms with E-state index in [0.29, 0.717) is 5.75 Å². The van der Waals surface area contributed by atoms with E-state index in [4.69, 9.17) is 0 Å². The molecule has 3 rings (SSSR count). The normalized spacial score (nSPS) is 14.7. The Morgan fingerprint density at radius 2 is 2.11 bits per heavy atom. The highest BCUT2D eigenvalue weighted by molar-refractivity contribution is 8.76. The fourth-order valence-electron chi connectivity index (χ4n) is 2.50. The van der Waals surface area contributed by atoms with Gasteiger partial charge in [0.15, 0.2) is 0 Å². The first kappa shape index (κ1) is 19.7. The Kier molecular flexibility index (Phi) is 6.40. The molecule has 0 aliphatic rings. The Hall–Kier alpha value is -2.04. The Morgan fingerprint density at radius 1 is 1.26 bits per heavy atom. The largest absolute Gasteiger partial charge is 0.382 e. The van der Waals surface area contributed by atoms with Crippen molar-refractivity contribution in [3.63, 3.8) is 0 Å². The monoisotopic (exact) mass is 409 g/mol. The molecule has 2 aromatic heterocycles. The lowest BCUT2D eigenvalue weighted by Crippen LogP contribution is -2.41. The molecule has 2 atom stereocenters. The first-order chi connectivity index (χ1) is 13.0. The summed E-state index contributed by atoms with van der Waals surface area (Å²) in [5, 5.41) is 14.9. The summed E-state index contributed by atoms with van der Waals surface area (Å²) in [5.74, 6) is -0.730. The van der Waals surface area contributed by atoms with Crippen molar-refractivity contribution in [3.8, 4) is 0 Å². The molecular weight excluding hydrogens is 392 g/mol. The predicted octanol–water partition coefficient (Wildman–Crippen LogP) is 3.20.